The van der Waals surface area contributed by atoms with Gasteiger partial charge in [-0.15, -0.1) is 9.63 Å². The number of alkyl halides is 3. The maximum atomic E-state index is 16.5. The van der Waals surface area contributed by atoms with E-state index in [0.29, 0.717) is 33.0 Å². The van der Waals surface area contributed by atoms with Crippen molar-refractivity contribution < 1.29 is 30.7 Å². The Morgan fingerprint density at radius 2 is 1.61 bits per heavy atom. The van der Waals surface area contributed by atoms with Gasteiger partial charge in [-0.3, -0.25) is 4.98 Å². The van der Waals surface area contributed by atoms with Gasteiger partial charge in [-0.1, -0.05) is 95.6 Å². The molecule has 7 rings (SSSR count). The lowest BCUT2D eigenvalue weighted by Gasteiger charge is -2.38. The van der Waals surface area contributed by atoms with Crippen LogP contribution in [0.3, 0.4) is 0 Å². The molecule has 0 bridgehead atoms. The minimum absolute atomic E-state index is 0.00533. The minimum Gasteiger partial charge on any atom is -0.472 e. The molecular formula is C41H40F4N6O3S2Si. The fourth-order valence-electron chi connectivity index (χ4n) is 8.29. The van der Waals surface area contributed by atoms with Crippen LogP contribution in [0.5, 0.6) is 5.88 Å². The van der Waals surface area contributed by atoms with Gasteiger partial charge in [0, 0.05) is 35.0 Å². The van der Waals surface area contributed by atoms with Crippen molar-refractivity contribution in [3.63, 3.8) is 0 Å². The van der Waals surface area contributed by atoms with Crippen LogP contribution in [0, 0.1) is 17.3 Å². The third-order valence-corrected chi connectivity index (χ3v) is 19.1. The average molecular weight is 833 g/mol. The lowest BCUT2D eigenvalue weighted by atomic mass is 9.93. The van der Waals surface area contributed by atoms with Crippen molar-refractivity contribution in [2.75, 3.05) is 6.26 Å². The highest BCUT2D eigenvalue weighted by Crippen LogP contribution is 2.45. The third kappa shape index (κ3) is 6.53. The molecule has 0 radical (unpaired) electrons. The summed E-state index contributed by atoms with van der Waals surface area (Å²) in [5.74, 6) is 2.92. The van der Waals surface area contributed by atoms with Gasteiger partial charge in [0.1, 0.15) is 26.1 Å². The fourth-order valence-corrected chi connectivity index (χ4v) is 14.6. The molecule has 0 N–H and O–H groups in total. The smallest absolute Gasteiger partial charge is 0.472 e. The first-order valence-corrected chi connectivity index (χ1v) is 23.2. The Balaban J connectivity index is 1.63. The zero-order valence-corrected chi connectivity index (χ0v) is 35.2. The molecule has 296 valence electrons. The molecule has 0 saturated heterocycles. The number of nitrogens with zero attached hydrogens (tertiary/aromatic N) is 6. The van der Waals surface area contributed by atoms with Crippen LogP contribution in [0.2, 0.25) is 16.6 Å². The summed E-state index contributed by atoms with van der Waals surface area (Å²) in [5, 5.41) is 5.91. The van der Waals surface area contributed by atoms with Crippen LogP contribution in [0.1, 0.15) is 52.7 Å². The molecule has 57 heavy (non-hydrogen) atoms. The highest BCUT2D eigenvalue weighted by atomic mass is 32.2. The minimum atomic E-state index is -5.97. The van der Waals surface area contributed by atoms with E-state index in [0.717, 1.165) is 11.8 Å². The number of aryl methyl sites for hydroxylation is 1. The van der Waals surface area contributed by atoms with Crippen molar-refractivity contribution in [2.24, 2.45) is 7.05 Å². The van der Waals surface area contributed by atoms with E-state index in [4.69, 9.17) is 19.7 Å². The van der Waals surface area contributed by atoms with Crippen LogP contribution >= 0.6 is 11.8 Å². The van der Waals surface area contributed by atoms with Crippen molar-refractivity contribution in [1.82, 2.24) is 28.7 Å². The molecule has 0 unspecified atom stereocenters. The Hall–Kier alpha value is -4.98. The molecule has 7 aromatic rings. The summed E-state index contributed by atoms with van der Waals surface area (Å²) < 4.78 is 92.6. The van der Waals surface area contributed by atoms with Crippen LogP contribution in [-0.2, 0) is 23.7 Å². The van der Waals surface area contributed by atoms with E-state index in [9.17, 15) is 21.6 Å². The van der Waals surface area contributed by atoms with Crippen LogP contribution in [0.15, 0.2) is 72.1 Å². The van der Waals surface area contributed by atoms with Gasteiger partial charge >= 0.3 is 15.5 Å². The number of thioether (sulfide) groups is 1. The highest BCUT2D eigenvalue weighted by Gasteiger charge is 2.49. The molecule has 0 saturated carbocycles. The van der Waals surface area contributed by atoms with E-state index in [1.54, 1.807) is 17.7 Å². The van der Waals surface area contributed by atoms with Crippen LogP contribution < -0.4 is 4.74 Å². The predicted octanol–water partition coefficient (Wildman–Crippen LogP) is 10.4. The molecular weight excluding hydrogens is 793 g/mol. The lowest BCUT2D eigenvalue weighted by Crippen LogP contribution is -2.43. The van der Waals surface area contributed by atoms with E-state index >= 15 is 4.39 Å². The molecule has 4 aromatic heterocycles. The number of fused-ring (bicyclic) bond motifs is 5. The number of hydrogen-bond donors (Lipinski definition) is 0. The van der Waals surface area contributed by atoms with Gasteiger partial charge in [-0.25, -0.2) is 9.37 Å². The van der Waals surface area contributed by atoms with Gasteiger partial charge < -0.3 is 9.30 Å². The maximum absolute atomic E-state index is 16.5. The number of hydrogen-bond acceptors (Lipinski definition) is 8. The van der Waals surface area contributed by atoms with Gasteiger partial charge in [0.05, 0.1) is 33.9 Å². The molecule has 0 aliphatic rings. The quantitative estimate of drug-likeness (QED) is 0.0466. The summed E-state index contributed by atoms with van der Waals surface area (Å²) in [5.41, 5.74) is 0.539. The third-order valence-electron chi connectivity index (χ3n) is 10.9. The number of benzene rings is 3. The van der Waals surface area contributed by atoms with Gasteiger partial charge in [0.15, 0.2) is 5.16 Å². The molecule has 4 heterocycles. The molecule has 16 heteroatoms. The van der Waals surface area contributed by atoms with Crippen molar-refractivity contribution in [2.45, 2.75) is 75.4 Å². The summed E-state index contributed by atoms with van der Waals surface area (Å²) in [6, 6.07) is 15.2. The Kier molecular flexibility index (Phi) is 10.4. The van der Waals surface area contributed by atoms with Crippen molar-refractivity contribution in [3.05, 3.63) is 83.9 Å². The van der Waals surface area contributed by atoms with E-state index in [1.807, 2.05) is 36.6 Å². The largest absolute Gasteiger partial charge is 0.518 e. The summed E-state index contributed by atoms with van der Waals surface area (Å²) in [4.78, 5) is 14.3. The molecule has 0 spiro atoms. The Morgan fingerprint density at radius 1 is 0.930 bits per heavy atom. The van der Waals surface area contributed by atoms with Crippen LogP contribution in [0.4, 0.5) is 17.6 Å². The van der Waals surface area contributed by atoms with Crippen LogP contribution in [0.25, 0.3) is 54.9 Å². The lowest BCUT2D eigenvalue weighted by molar-refractivity contribution is -0.0448. The first-order chi connectivity index (χ1) is 26.9. The van der Waals surface area contributed by atoms with Crippen molar-refractivity contribution in [1.29, 1.82) is 0 Å². The number of halogens is 4. The van der Waals surface area contributed by atoms with Gasteiger partial charge in [-0.05, 0) is 52.0 Å². The Bertz CT molecular complexity index is 2860. The summed E-state index contributed by atoms with van der Waals surface area (Å²) >= 11 is 1.32. The summed E-state index contributed by atoms with van der Waals surface area (Å²) in [6.45, 7) is 13.0. The monoisotopic (exact) mass is 832 g/mol. The standard InChI is InChI=1S/C41H40F4N6O3S2Si/c1-23(2)57(24(3)4,25(5)6)19-17-28-31(42)15-14-27-20-32-30(21-47-51(32)56(52,53)41(43,44)45)34(33(27)28)36-37-29(16-18-46-36)35-38(50(37)7)48-40(55-8)49-39(35)54-22-26-12-10-9-11-13-26/h9-16,18,20-21,23-25H,22H2,1-8H3. The molecule has 0 amide bonds. The summed E-state index contributed by atoms with van der Waals surface area (Å²) in [7, 11) is -6.64. The Morgan fingerprint density at radius 3 is 2.25 bits per heavy atom. The van der Waals surface area contributed by atoms with Gasteiger partial charge in [0.25, 0.3) is 0 Å². The molecule has 9 nitrogen and oxygen atoms in total. The fraction of sp³-hybridized carbons (Fsp3) is 0.317. The normalized spacial score (nSPS) is 12.8. The van der Waals surface area contributed by atoms with E-state index in [-0.39, 0.29) is 65.8 Å². The van der Waals surface area contributed by atoms with Crippen molar-refractivity contribution in [3.8, 4) is 28.6 Å². The van der Waals surface area contributed by atoms with E-state index < -0.39 is 29.4 Å². The molecule has 0 fully saturated rings. The SMILES string of the molecule is CSc1nc(OCc2ccccc2)c2c3ccnc(-c4c5cnn(S(=O)(=O)C(F)(F)F)c5cc5ccc(F)c(C#C[Si](C(C)C)(C(C)C)C(C)C)c45)c3n(C)c2n1. The topological polar surface area (TPSA) is 105 Å². The van der Waals surface area contributed by atoms with E-state index in [1.165, 1.54) is 36.2 Å². The second-order valence-corrected chi connectivity index (χ2v) is 23.0. The van der Waals surface area contributed by atoms with Gasteiger partial charge in [-0.2, -0.15) is 31.7 Å². The van der Waals surface area contributed by atoms with Crippen LogP contribution in [-0.4, -0.2) is 57.0 Å². The Labute approximate surface area is 332 Å². The molecule has 0 atom stereocenters. The average Bonchev–Trinajstić information content (AvgIpc) is 3.72. The van der Waals surface area contributed by atoms with Gasteiger partial charge in [0.2, 0.25) is 5.88 Å². The van der Waals surface area contributed by atoms with E-state index in [2.05, 4.69) is 58.1 Å². The maximum Gasteiger partial charge on any atom is 0.518 e. The van der Waals surface area contributed by atoms with Crippen molar-refractivity contribution >= 4 is 73.5 Å². The number of aromatic nitrogens is 6. The predicted molar refractivity (Wildman–Crippen MR) is 221 cm³/mol. The number of rotatable bonds is 9. The zero-order valence-electron chi connectivity index (χ0n) is 32.5. The molecule has 0 aliphatic carbocycles. The highest BCUT2D eigenvalue weighted by molar-refractivity contribution is 7.98. The first-order valence-electron chi connectivity index (χ1n) is 18.3. The summed E-state index contributed by atoms with van der Waals surface area (Å²) in [6.07, 6.45) is 4.42. The zero-order chi connectivity index (χ0) is 41.2. The second kappa shape index (κ2) is 14.8. The second-order valence-electron chi connectivity index (χ2n) is 14.9. The number of ether oxygens (including phenoxy) is 1. The first kappa shape index (κ1) is 40.2. The molecule has 0 aliphatic heterocycles. The number of pyridine rings is 1. The molecule has 3 aromatic carbocycles.